The zero-order valence-corrected chi connectivity index (χ0v) is 12.4. The number of anilines is 2. The molecule has 0 radical (unpaired) electrons. The van der Waals surface area contributed by atoms with Crippen LogP contribution in [0.25, 0.3) is 0 Å². The molecule has 0 saturated heterocycles. The van der Waals surface area contributed by atoms with Crippen LogP contribution in [0.3, 0.4) is 0 Å². The second kappa shape index (κ2) is 5.81. The lowest BCUT2D eigenvalue weighted by molar-refractivity contribution is 0.598. The third kappa shape index (κ3) is 3.54. The van der Waals surface area contributed by atoms with Crippen LogP contribution in [0.15, 0.2) is 23.1 Å². The van der Waals surface area contributed by atoms with Gasteiger partial charge in [0.15, 0.2) is 0 Å². The molecule has 1 unspecified atom stereocenters. The first-order valence-electron chi connectivity index (χ1n) is 5.41. The summed E-state index contributed by atoms with van der Waals surface area (Å²) in [5.74, 6) is 0.965. The summed E-state index contributed by atoms with van der Waals surface area (Å²) in [7, 11) is -1.77. The van der Waals surface area contributed by atoms with Crippen LogP contribution in [-0.4, -0.2) is 33.5 Å². The van der Waals surface area contributed by atoms with Crippen molar-refractivity contribution in [2.45, 2.75) is 17.9 Å². The van der Waals surface area contributed by atoms with Gasteiger partial charge >= 0.3 is 0 Å². The Hall–Kier alpha value is -0.920. The van der Waals surface area contributed by atoms with Gasteiger partial charge in [0.25, 0.3) is 0 Å². The molecule has 0 aliphatic heterocycles. The van der Waals surface area contributed by atoms with Crippen LogP contribution in [-0.2, 0) is 10.0 Å². The molecular formula is C11H19N3O2S2. The molecule has 0 heterocycles. The molecule has 1 aromatic carbocycles. The van der Waals surface area contributed by atoms with E-state index >= 15 is 0 Å². The Labute approximate surface area is 113 Å². The standard InChI is InChI=1S/C11H19N3O2S2/c1-8(7-17-3)14(2)11-5-4-9(6-10(11)12)18(13,15)16/h4-6,8H,7,12H2,1-3H3,(H2,13,15,16). The number of hydrogen-bond acceptors (Lipinski definition) is 5. The molecule has 0 fully saturated rings. The Morgan fingerprint density at radius 3 is 2.50 bits per heavy atom. The highest BCUT2D eigenvalue weighted by molar-refractivity contribution is 7.98. The SMILES string of the molecule is CSCC(C)N(C)c1ccc(S(N)(=O)=O)cc1N. The number of rotatable bonds is 5. The topological polar surface area (TPSA) is 89.4 Å². The third-order valence-electron chi connectivity index (χ3n) is 2.78. The fourth-order valence-electron chi connectivity index (χ4n) is 1.62. The van der Waals surface area contributed by atoms with Gasteiger partial charge in [-0.2, -0.15) is 11.8 Å². The number of nitrogen functional groups attached to an aromatic ring is 1. The van der Waals surface area contributed by atoms with Gasteiger partial charge in [0.05, 0.1) is 16.3 Å². The molecule has 5 nitrogen and oxygen atoms in total. The first kappa shape index (κ1) is 15.1. The Balaban J connectivity index is 3.06. The van der Waals surface area contributed by atoms with Crippen molar-refractivity contribution in [1.29, 1.82) is 0 Å². The highest BCUT2D eigenvalue weighted by atomic mass is 32.2. The summed E-state index contributed by atoms with van der Waals surface area (Å²) in [6.07, 6.45) is 2.04. The molecule has 1 aromatic rings. The first-order valence-corrected chi connectivity index (χ1v) is 8.35. The smallest absolute Gasteiger partial charge is 0.238 e. The van der Waals surface area contributed by atoms with E-state index in [4.69, 9.17) is 10.9 Å². The van der Waals surface area contributed by atoms with E-state index in [1.165, 1.54) is 12.1 Å². The maximum atomic E-state index is 11.2. The van der Waals surface area contributed by atoms with Crippen LogP contribution in [0.1, 0.15) is 6.92 Å². The summed E-state index contributed by atoms with van der Waals surface area (Å²) in [4.78, 5) is 2.06. The van der Waals surface area contributed by atoms with E-state index in [0.29, 0.717) is 11.7 Å². The van der Waals surface area contributed by atoms with Crippen molar-refractivity contribution >= 4 is 33.2 Å². The lowest BCUT2D eigenvalue weighted by Crippen LogP contribution is -2.31. The maximum absolute atomic E-state index is 11.2. The van der Waals surface area contributed by atoms with Gasteiger partial charge in [-0.1, -0.05) is 0 Å². The number of sulfonamides is 1. The van der Waals surface area contributed by atoms with E-state index in [-0.39, 0.29) is 4.90 Å². The van der Waals surface area contributed by atoms with Crippen LogP contribution in [0, 0.1) is 0 Å². The number of nitrogens with two attached hydrogens (primary N) is 2. The van der Waals surface area contributed by atoms with Crippen LogP contribution < -0.4 is 15.8 Å². The summed E-state index contributed by atoms with van der Waals surface area (Å²) in [5, 5.41) is 5.06. The molecule has 4 N–H and O–H groups in total. The Morgan fingerprint density at radius 1 is 1.44 bits per heavy atom. The van der Waals surface area contributed by atoms with Crippen molar-refractivity contribution in [3.05, 3.63) is 18.2 Å². The van der Waals surface area contributed by atoms with E-state index in [0.717, 1.165) is 11.4 Å². The first-order chi connectivity index (χ1) is 8.27. The van der Waals surface area contributed by atoms with Crippen molar-refractivity contribution in [3.63, 3.8) is 0 Å². The van der Waals surface area contributed by atoms with Crippen LogP contribution >= 0.6 is 11.8 Å². The Bertz CT molecular complexity index is 517. The van der Waals surface area contributed by atoms with Crippen molar-refractivity contribution in [1.82, 2.24) is 0 Å². The molecule has 7 heteroatoms. The summed E-state index contributed by atoms with van der Waals surface area (Å²) < 4.78 is 22.4. The highest BCUT2D eigenvalue weighted by Gasteiger charge is 2.15. The van der Waals surface area contributed by atoms with E-state index < -0.39 is 10.0 Å². The molecule has 0 spiro atoms. The number of hydrogen-bond donors (Lipinski definition) is 2. The average Bonchev–Trinajstić information content (AvgIpc) is 2.27. The monoisotopic (exact) mass is 289 g/mol. The third-order valence-corrected chi connectivity index (χ3v) is 4.50. The summed E-state index contributed by atoms with van der Waals surface area (Å²) >= 11 is 1.75. The van der Waals surface area contributed by atoms with Gasteiger partial charge < -0.3 is 10.6 Å². The van der Waals surface area contributed by atoms with Gasteiger partial charge in [0, 0.05) is 18.8 Å². The molecule has 18 heavy (non-hydrogen) atoms. The average molecular weight is 289 g/mol. The lowest BCUT2D eigenvalue weighted by Gasteiger charge is -2.27. The quantitative estimate of drug-likeness (QED) is 0.792. The fourth-order valence-corrected chi connectivity index (χ4v) is 2.88. The molecule has 0 amide bonds. The number of primary sulfonamides is 1. The van der Waals surface area contributed by atoms with Crippen molar-refractivity contribution in [3.8, 4) is 0 Å². The molecule has 0 bridgehead atoms. The lowest BCUT2D eigenvalue weighted by atomic mass is 10.2. The van der Waals surface area contributed by atoms with Crippen molar-refractivity contribution < 1.29 is 8.42 Å². The molecule has 0 aromatic heterocycles. The highest BCUT2D eigenvalue weighted by Crippen LogP contribution is 2.26. The summed E-state index contributed by atoms with van der Waals surface area (Å²) in [5.41, 5.74) is 7.11. The van der Waals surface area contributed by atoms with Crippen molar-refractivity contribution in [2.24, 2.45) is 5.14 Å². The van der Waals surface area contributed by atoms with Crippen LogP contribution in [0.2, 0.25) is 0 Å². The van der Waals surface area contributed by atoms with E-state index in [2.05, 4.69) is 6.92 Å². The predicted octanol–water partition coefficient (Wildman–Crippen LogP) is 1.10. The molecule has 0 aliphatic carbocycles. The summed E-state index contributed by atoms with van der Waals surface area (Å²) in [6.45, 7) is 2.09. The van der Waals surface area contributed by atoms with Crippen LogP contribution in [0.4, 0.5) is 11.4 Å². The van der Waals surface area contributed by atoms with Gasteiger partial charge in [-0.05, 0) is 31.4 Å². The van der Waals surface area contributed by atoms with Gasteiger partial charge in [-0.25, -0.2) is 13.6 Å². The Morgan fingerprint density at radius 2 is 2.06 bits per heavy atom. The normalized spacial score (nSPS) is 13.3. The minimum absolute atomic E-state index is 0.0367. The van der Waals surface area contributed by atoms with Gasteiger partial charge in [0.1, 0.15) is 0 Å². The molecule has 1 atom stereocenters. The largest absolute Gasteiger partial charge is 0.397 e. The van der Waals surface area contributed by atoms with Gasteiger partial charge in [0.2, 0.25) is 10.0 Å². The molecule has 0 aliphatic rings. The number of nitrogens with zero attached hydrogens (tertiary/aromatic N) is 1. The molecule has 0 saturated carbocycles. The summed E-state index contributed by atoms with van der Waals surface area (Å²) in [6, 6.07) is 4.87. The zero-order chi connectivity index (χ0) is 13.9. The predicted molar refractivity (Wildman–Crippen MR) is 78.5 cm³/mol. The second-order valence-electron chi connectivity index (χ2n) is 4.18. The van der Waals surface area contributed by atoms with Gasteiger partial charge in [-0.15, -0.1) is 0 Å². The van der Waals surface area contributed by atoms with E-state index in [1.807, 2.05) is 18.2 Å². The molecular weight excluding hydrogens is 270 g/mol. The minimum Gasteiger partial charge on any atom is -0.397 e. The molecule has 102 valence electrons. The zero-order valence-electron chi connectivity index (χ0n) is 10.8. The van der Waals surface area contributed by atoms with Crippen LogP contribution in [0.5, 0.6) is 0 Å². The van der Waals surface area contributed by atoms with E-state index in [1.54, 1.807) is 17.8 Å². The fraction of sp³-hybridized carbons (Fsp3) is 0.455. The minimum atomic E-state index is -3.70. The van der Waals surface area contributed by atoms with Gasteiger partial charge in [-0.3, -0.25) is 0 Å². The number of thioether (sulfide) groups is 1. The van der Waals surface area contributed by atoms with Crippen molar-refractivity contribution in [2.75, 3.05) is 29.7 Å². The maximum Gasteiger partial charge on any atom is 0.238 e. The molecule has 1 rings (SSSR count). The Kier molecular flexibility index (Phi) is 4.89. The second-order valence-corrected chi connectivity index (χ2v) is 6.65. The van der Waals surface area contributed by atoms with E-state index in [9.17, 15) is 8.42 Å². The number of benzene rings is 1.